The van der Waals surface area contributed by atoms with Crippen molar-refractivity contribution in [3.63, 3.8) is 0 Å². The Bertz CT molecular complexity index is 424. The number of carboxylic acid groups (broad SMARTS) is 3. The topological polar surface area (TPSA) is 180 Å². The molecular weight excluding hydrogens is 404 g/mol. The van der Waals surface area contributed by atoms with Crippen molar-refractivity contribution < 1.29 is 54.1 Å². The monoisotopic (exact) mass is 440 g/mol. The van der Waals surface area contributed by atoms with E-state index in [0.717, 1.165) is 72.1 Å². The maximum Gasteiger partial charge on any atom is 0.337 e. The zero-order chi connectivity index (χ0) is 23.3. The zero-order valence-corrected chi connectivity index (χ0v) is 17.6. The molecule has 11 heteroatoms. The zero-order valence-electron chi connectivity index (χ0n) is 17.6. The molecule has 11 nitrogen and oxygen atoms in total. The van der Waals surface area contributed by atoms with Crippen LogP contribution in [0.4, 0.5) is 0 Å². The highest BCUT2D eigenvalue weighted by molar-refractivity contribution is 5.88. The molecule has 5 N–H and O–H groups in total. The number of rotatable bonds is 19. The van der Waals surface area contributed by atoms with Gasteiger partial charge in [-0.15, -0.1) is 0 Å². The molecule has 0 saturated carbocycles. The van der Waals surface area contributed by atoms with Gasteiger partial charge in [-0.1, -0.05) is 0 Å². The molecule has 0 heterocycles. The van der Waals surface area contributed by atoms with Crippen LogP contribution in [-0.4, -0.2) is 95.8 Å². The third-order valence-corrected chi connectivity index (χ3v) is 3.87. The highest BCUT2D eigenvalue weighted by atomic mass is 16.5. The molecule has 0 saturated heterocycles. The van der Waals surface area contributed by atoms with Crippen LogP contribution in [0.3, 0.4) is 0 Å². The summed E-state index contributed by atoms with van der Waals surface area (Å²) >= 11 is 0. The summed E-state index contributed by atoms with van der Waals surface area (Å²) < 4.78 is 15.2. The average molecular weight is 440 g/mol. The summed E-state index contributed by atoms with van der Waals surface area (Å²) in [5, 5.41) is 42.6. The van der Waals surface area contributed by atoms with Crippen molar-refractivity contribution in [2.45, 2.75) is 57.0 Å². The molecular formula is C19H36O11. The van der Waals surface area contributed by atoms with E-state index >= 15 is 0 Å². The molecule has 0 amide bonds. The average Bonchev–Trinajstić information content (AvgIpc) is 2.68. The normalized spacial score (nSPS) is 10.9. The van der Waals surface area contributed by atoms with E-state index in [2.05, 4.69) is 4.74 Å². The Morgan fingerprint density at radius 2 is 1.00 bits per heavy atom. The smallest absolute Gasteiger partial charge is 0.337 e. The van der Waals surface area contributed by atoms with Crippen LogP contribution in [0.5, 0.6) is 0 Å². The largest absolute Gasteiger partial charge is 0.481 e. The van der Waals surface area contributed by atoms with Gasteiger partial charge in [0.25, 0.3) is 0 Å². The molecule has 0 aliphatic carbocycles. The summed E-state index contributed by atoms with van der Waals surface area (Å²) in [6.07, 6.45) is 3.79. The first-order valence-corrected chi connectivity index (χ1v) is 9.85. The summed E-state index contributed by atoms with van der Waals surface area (Å²) in [4.78, 5) is 31.3. The molecule has 0 aromatic carbocycles. The van der Waals surface area contributed by atoms with Gasteiger partial charge in [-0.2, -0.15) is 0 Å². The first kappa shape index (κ1) is 30.4. The number of carbonyl (C=O) groups is 3. The molecule has 0 aliphatic rings. The van der Waals surface area contributed by atoms with Crippen LogP contribution in [0.15, 0.2) is 0 Å². The molecule has 0 radical (unpaired) electrons. The van der Waals surface area contributed by atoms with E-state index in [0.29, 0.717) is 0 Å². The quantitative estimate of drug-likeness (QED) is 0.179. The van der Waals surface area contributed by atoms with Crippen LogP contribution in [0.1, 0.15) is 51.4 Å². The van der Waals surface area contributed by atoms with Gasteiger partial charge in [0.1, 0.15) is 0 Å². The molecule has 0 aromatic heterocycles. The van der Waals surface area contributed by atoms with Gasteiger partial charge in [0.05, 0.1) is 12.8 Å². The second-order valence-electron chi connectivity index (χ2n) is 6.44. The highest BCUT2D eigenvalue weighted by Crippen LogP contribution is 2.20. The maximum absolute atomic E-state index is 10.7. The molecule has 0 atom stereocenters. The minimum absolute atomic E-state index is 0.255. The Balaban J connectivity index is 0. The van der Waals surface area contributed by atoms with Gasteiger partial charge in [0, 0.05) is 46.8 Å². The number of unbranched alkanes of at least 4 members (excludes halogenated alkanes) is 3. The fraction of sp³-hybridized carbons (Fsp3) is 0.842. The third kappa shape index (κ3) is 18.3. The SMILES string of the molecule is COC(CC(=O)O)(CC(=O)O)C(=O)O.OCCCCOCCCCOCCCCO. The third-order valence-electron chi connectivity index (χ3n) is 3.87. The molecule has 0 aromatic rings. The van der Waals surface area contributed by atoms with Crippen molar-refractivity contribution in [1.82, 2.24) is 0 Å². The van der Waals surface area contributed by atoms with Crippen LogP contribution in [0, 0.1) is 0 Å². The first-order valence-electron chi connectivity index (χ1n) is 9.85. The molecule has 0 spiro atoms. The minimum Gasteiger partial charge on any atom is -0.481 e. The van der Waals surface area contributed by atoms with E-state index in [-0.39, 0.29) is 13.2 Å². The van der Waals surface area contributed by atoms with Gasteiger partial charge < -0.3 is 39.7 Å². The van der Waals surface area contributed by atoms with Gasteiger partial charge in [-0.3, -0.25) is 9.59 Å². The number of aliphatic hydroxyl groups is 2. The van der Waals surface area contributed by atoms with Gasteiger partial charge in [-0.05, 0) is 38.5 Å². The van der Waals surface area contributed by atoms with Crippen LogP contribution < -0.4 is 0 Å². The number of hydrogen-bond acceptors (Lipinski definition) is 8. The predicted octanol–water partition coefficient (Wildman–Crippen LogP) is 0.750. The van der Waals surface area contributed by atoms with Crippen molar-refractivity contribution >= 4 is 17.9 Å². The van der Waals surface area contributed by atoms with E-state index in [9.17, 15) is 14.4 Å². The van der Waals surface area contributed by atoms with Gasteiger partial charge in [0.2, 0.25) is 0 Å². The molecule has 0 fully saturated rings. The fourth-order valence-electron chi connectivity index (χ4n) is 2.18. The van der Waals surface area contributed by atoms with Crippen molar-refractivity contribution in [2.24, 2.45) is 0 Å². The summed E-state index contributed by atoms with van der Waals surface area (Å²) in [5.41, 5.74) is -2.20. The van der Waals surface area contributed by atoms with Crippen LogP contribution in [0.25, 0.3) is 0 Å². The van der Waals surface area contributed by atoms with E-state index in [4.69, 9.17) is 35.0 Å². The summed E-state index contributed by atoms with van der Waals surface area (Å²) in [5.74, 6) is -4.48. The molecule has 0 rings (SSSR count). The molecule has 0 bridgehead atoms. The number of methoxy groups -OCH3 is 1. The van der Waals surface area contributed by atoms with Crippen molar-refractivity contribution in [3.05, 3.63) is 0 Å². The lowest BCUT2D eigenvalue weighted by atomic mass is 9.95. The van der Waals surface area contributed by atoms with E-state index in [1.807, 2.05) is 0 Å². The molecule has 0 unspecified atom stereocenters. The highest BCUT2D eigenvalue weighted by Gasteiger charge is 2.43. The second kappa shape index (κ2) is 20.5. The van der Waals surface area contributed by atoms with E-state index in [1.165, 1.54) is 0 Å². The Morgan fingerprint density at radius 3 is 1.23 bits per heavy atom. The molecule has 0 aliphatic heterocycles. The lowest BCUT2D eigenvalue weighted by Crippen LogP contribution is -2.44. The van der Waals surface area contributed by atoms with E-state index < -0.39 is 36.4 Å². The lowest BCUT2D eigenvalue weighted by molar-refractivity contribution is -0.174. The van der Waals surface area contributed by atoms with Crippen molar-refractivity contribution in [2.75, 3.05) is 46.8 Å². The molecule has 178 valence electrons. The van der Waals surface area contributed by atoms with Crippen molar-refractivity contribution in [3.8, 4) is 0 Å². The van der Waals surface area contributed by atoms with Crippen LogP contribution in [-0.2, 0) is 28.6 Å². The Morgan fingerprint density at radius 1 is 0.667 bits per heavy atom. The summed E-state index contributed by atoms with van der Waals surface area (Å²) in [7, 11) is 0.958. The van der Waals surface area contributed by atoms with E-state index in [1.54, 1.807) is 0 Å². The standard InChI is InChI=1S/C12H26O4.C7H10O7/c13-7-1-3-9-15-11-5-6-12-16-10-4-2-8-14;1-14-7(6(12)13,2-4(8)9)3-5(10)11/h13-14H,1-12H2;2-3H2,1H3,(H,8,9)(H,10,11)(H,12,13). The Hall–Kier alpha value is -1.79. The fourth-order valence-corrected chi connectivity index (χ4v) is 2.18. The number of carboxylic acids is 3. The summed E-state index contributed by atoms with van der Waals surface area (Å²) in [6.45, 7) is 3.57. The summed E-state index contributed by atoms with van der Waals surface area (Å²) in [6, 6.07) is 0. The van der Waals surface area contributed by atoms with Gasteiger partial charge >= 0.3 is 17.9 Å². The lowest BCUT2D eigenvalue weighted by Gasteiger charge is -2.23. The minimum atomic E-state index is -2.20. The number of ether oxygens (including phenoxy) is 3. The van der Waals surface area contributed by atoms with Crippen LogP contribution in [0.2, 0.25) is 0 Å². The first-order chi connectivity index (χ1) is 14.3. The predicted molar refractivity (Wildman–Crippen MR) is 105 cm³/mol. The Labute approximate surface area is 176 Å². The maximum atomic E-state index is 10.7. The molecule has 30 heavy (non-hydrogen) atoms. The number of aliphatic carboxylic acids is 3. The number of aliphatic hydroxyl groups excluding tert-OH is 2. The Kier molecular flexibility index (Phi) is 20.8. The second-order valence-corrected chi connectivity index (χ2v) is 6.44. The van der Waals surface area contributed by atoms with Gasteiger partial charge in [-0.25, -0.2) is 4.79 Å². The van der Waals surface area contributed by atoms with Gasteiger partial charge in [0.15, 0.2) is 5.60 Å². The number of hydrogen-bond donors (Lipinski definition) is 5. The van der Waals surface area contributed by atoms with Crippen molar-refractivity contribution in [1.29, 1.82) is 0 Å². The van der Waals surface area contributed by atoms with Crippen LogP contribution >= 0.6 is 0 Å².